The third-order valence-corrected chi connectivity index (χ3v) is 5.64. The molecule has 0 radical (unpaired) electrons. The molecule has 25 heavy (non-hydrogen) atoms. The van der Waals surface area contributed by atoms with E-state index in [0.29, 0.717) is 6.54 Å². The molecule has 1 aliphatic carbocycles. The Hall–Kier alpha value is -1.92. The molecule has 0 spiro atoms. The molecule has 1 aromatic carbocycles. The Balaban J connectivity index is 1.61. The number of carbonyl (C=O) groups excluding carboxylic acids is 2. The van der Waals surface area contributed by atoms with Crippen molar-refractivity contribution in [1.29, 1.82) is 0 Å². The Bertz CT molecular complexity index is 773. The van der Waals surface area contributed by atoms with Crippen LogP contribution in [0.2, 0.25) is 5.02 Å². The molecule has 2 aromatic rings. The van der Waals surface area contributed by atoms with Crippen molar-refractivity contribution in [2.24, 2.45) is 0 Å². The van der Waals surface area contributed by atoms with Gasteiger partial charge in [-0.05, 0) is 53.4 Å². The summed E-state index contributed by atoms with van der Waals surface area (Å²) in [5.41, 5.74) is 1.41. The van der Waals surface area contributed by atoms with E-state index < -0.39 is 17.6 Å². The second-order valence-corrected chi connectivity index (χ2v) is 7.45. The summed E-state index contributed by atoms with van der Waals surface area (Å²) in [4.78, 5) is 24.2. The van der Waals surface area contributed by atoms with E-state index in [1.807, 2.05) is 5.38 Å². The quantitative estimate of drug-likeness (QED) is 0.784. The Morgan fingerprint density at radius 2 is 1.96 bits per heavy atom. The van der Waals surface area contributed by atoms with Gasteiger partial charge in [0.2, 0.25) is 0 Å². The van der Waals surface area contributed by atoms with Crippen molar-refractivity contribution in [2.75, 3.05) is 11.9 Å². The molecule has 1 aromatic heterocycles. The zero-order valence-electron chi connectivity index (χ0n) is 13.5. The molecule has 0 atom stereocenters. The summed E-state index contributed by atoms with van der Waals surface area (Å²) in [5, 5.41) is 9.21. The topological polar surface area (TPSA) is 58.2 Å². The van der Waals surface area contributed by atoms with Gasteiger partial charge >= 0.3 is 11.8 Å². The lowest BCUT2D eigenvalue weighted by Crippen LogP contribution is -2.43. The van der Waals surface area contributed by atoms with Crippen LogP contribution in [0.15, 0.2) is 35.0 Å². The lowest BCUT2D eigenvalue weighted by atomic mass is 9.80. The first kappa shape index (κ1) is 17.9. The smallest absolute Gasteiger partial charge is 0.313 e. The first-order valence-corrected chi connectivity index (χ1v) is 9.39. The van der Waals surface area contributed by atoms with Crippen LogP contribution in [-0.2, 0) is 15.0 Å². The lowest BCUT2D eigenvalue weighted by molar-refractivity contribution is -0.136. The number of carbonyl (C=O) groups is 2. The standard InChI is InChI=1S/C18H18ClFN2O2S/c19-14-9-13(3-4-15(14)20)22-17(24)16(23)21-11-18(6-1-2-7-18)12-5-8-25-10-12/h3-5,8-10H,1-2,6-7,11H2,(H,21,23)(H,22,24). The third-order valence-electron chi connectivity index (χ3n) is 4.67. The van der Waals surface area contributed by atoms with Gasteiger partial charge in [-0.15, -0.1) is 0 Å². The van der Waals surface area contributed by atoms with Crippen LogP contribution in [0.1, 0.15) is 31.2 Å². The van der Waals surface area contributed by atoms with E-state index >= 15 is 0 Å². The van der Waals surface area contributed by atoms with Gasteiger partial charge < -0.3 is 10.6 Å². The van der Waals surface area contributed by atoms with Crippen LogP contribution < -0.4 is 10.6 Å². The van der Waals surface area contributed by atoms with Crippen molar-refractivity contribution in [3.05, 3.63) is 51.4 Å². The fourth-order valence-electron chi connectivity index (χ4n) is 3.28. The van der Waals surface area contributed by atoms with E-state index in [9.17, 15) is 14.0 Å². The molecular weight excluding hydrogens is 363 g/mol. The van der Waals surface area contributed by atoms with Gasteiger partial charge in [0, 0.05) is 17.6 Å². The van der Waals surface area contributed by atoms with Gasteiger partial charge in [0.15, 0.2) is 0 Å². The lowest BCUT2D eigenvalue weighted by Gasteiger charge is -2.28. The number of hydrogen-bond donors (Lipinski definition) is 2. The number of amides is 2. The van der Waals surface area contributed by atoms with E-state index in [1.165, 1.54) is 17.7 Å². The van der Waals surface area contributed by atoms with Gasteiger partial charge in [-0.3, -0.25) is 9.59 Å². The van der Waals surface area contributed by atoms with Gasteiger partial charge in [0.05, 0.1) is 5.02 Å². The van der Waals surface area contributed by atoms with Crippen molar-refractivity contribution in [3.8, 4) is 0 Å². The fraction of sp³-hybridized carbons (Fsp3) is 0.333. The van der Waals surface area contributed by atoms with Crippen LogP contribution in [0.4, 0.5) is 10.1 Å². The molecule has 1 heterocycles. The van der Waals surface area contributed by atoms with E-state index in [-0.39, 0.29) is 16.1 Å². The Morgan fingerprint density at radius 3 is 2.60 bits per heavy atom. The van der Waals surface area contributed by atoms with Crippen LogP contribution >= 0.6 is 22.9 Å². The van der Waals surface area contributed by atoms with Gasteiger partial charge in [-0.1, -0.05) is 24.4 Å². The predicted molar refractivity (Wildman–Crippen MR) is 97.5 cm³/mol. The number of anilines is 1. The third kappa shape index (κ3) is 4.02. The van der Waals surface area contributed by atoms with E-state index in [0.717, 1.165) is 31.7 Å². The monoisotopic (exact) mass is 380 g/mol. The summed E-state index contributed by atoms with van der Waals surface area (Å²) in [6.45, 7) is 0.431. The SMILES string of the molecule is O=C(NCC1(c2ccsc2)CCCC1)C(=O)Nc1ccc(F)c(Cl)c1. The average Bonchev–Trinajstić information content (AvgIpc) is 3.27. The van der Waals surface area contributed by atoms with Crippen molar-refractivity contribution in [3.63, 3.8) is 0 Å². The molecule has 1 saturated carbocycles. The molecule has 2 amide bonds. The molecule has 0 saturated heterocycles. The maximum atomic E-state index is 13.1. The Morgan fingerprint density at radius 1 is 1.20 bits per heavy atom. The Labute approximate surface area is 154 Å². The van der Waals surface area contributed by atoms with E-state index in [2.05, 4.69) is 22.1 Å². The molecule has 1 fully saturated rings. The van der Waals surface area contributed by atoms with Gasteiger partial charge in [0.25, 0.3) is 0 Å². The Kier molecular flexibility index (Phi) is 5.39. The molecule has 1 aliphatic rings. The molecule has 0 unspecified atom stereocenters. The normalized spacial score (nSPS) is 15.8. The maximum Gasteiger partial charge on any atom is 0.313 e. The number of nitrogens with one attached hydrogen (secondary N) is 2. The fourth-order valence-corrected chi connectivity index (χ4v) is 4.24. The second kappa shape index (κ2) is 7.54. The highest BCUT2D eigenvalue weighted by atomic mass is 35.5. The van der Waals surface area contributed by atoms with Crippen LogP contribution in [0.5, 0.6) is 0 Å². The van der Waals surface area contributed by atoms with Gasteiger partial charge in [-0.2, -0.15) is 11.3 Å². The van der Waals surface area contributed by atoms with Crippen molar-refractivity contribution in [2.45, 2.75) is 31.1 Å². The van der Waals surface area contributed by atoms with E-state index in [4.69, 9.17) is 11.6 Å². The molecule has 0 bridgehead atoms. The first-order chi connectivity index (χ1) is 12.0. The summed E-state index contributed by atoms with van der Waals surface area (Å²) in [6, 6.07) is 5.85. The number of benzene rings is 1. The van der Waals surface area contributed by atoms with E-state index in [1.54, 1.807) is 11.3 Å². The van der Waals surface area contributed by atoms with Crippen molar-refractivity contribution in [1.82, 2.24) is 5.32 Å². The highest BCUT2D eigenvalue weighted by Gasteiger charge is 2.36. The minimum absolute atomic E-state index is 0.0882. The average molecular weight is 381 g/mol. The van der Waals surface area contributed by atoms with Gasteiger partial charge in [-0.25, -0.2) is 4.39 Å². The highest BCUT2D eigenvalue weighted by molar-refractivity contribution is 7.08. The van der Waals surface area contributed by atoms with Crippen LogP contribution in [0.25, 0.3) is 0 Å². The summed E-state index contributed by atoms with van der Waals surface area (Å²) in [7, 11) is 0. The minimum Gasteiger partial charge on any atom is -0.347 e. The minimum atomic E-state index is -0.791. The number of thiophene rings is 1. The predicted octanol–water partition coefficient (Wildman–Crippen LogP) is 4.11. The molecule has 4 nitrogen and oxygen atoms in total. The van der Waals surface area contributed by atoms with Crippen LogP contribution in [0, 0.1) is 5.82 Å². The summed E-state index contributed by atoms with van der Waals surface area (Å²) < 4.78 is 13.1. The van der Waals surface area contributed by atoms with Crippen LogP contribution in [-0.4, -0.2) is 18.4 Å². The summed E-state index contributed by atoms with van der Waals surface area (Å²) in [6.07, 6.45) is 4.23. The largest absolute Gasteiger partial charge is 0.347 e. The molecular formula is C18H18ClFN2O2S. The number of hydrogen-bond acceptors (Lipinski definition) is 3. The molecule has 7 heteroatoms. The number of rotatable bonds is 4. The molecule has 132 valence electrons. The highest BCUT2D eigenvalue weighted by Crippen LogP contribution is 2.41. The maximum absolute atomic E-state index is 13.1. The number of halogens is 2. The summed E-state index contributed by atoms with van der Waals surface area (Å²) in [5.74, 6) is -2.08. The molecule has 2 N–H and O–H groups in total. The molecule has 3 rings (SSSR count). The summed E-state index contributed by atoms with van der Waals surface area (Å²) >= 11 is 7.31. The zero-order valence-corrected chi connectivity index (χ0v) is 15.1. The van der Waals surface area contributed by atoms with Crippen molar-refractivity contribution >= 4 is 40.4 Å². The first-order valence-electron chi connectivity index (χ1n) is 8.07. The molecule has 0 aliphatic heterocycles. The zero-order chi connectivity index (χ0) is 17.9. The second-order valence-electron chi connectivity index (χ2n) is 6.27. The van der Waals surface area contributed by atoms with Crippen LogP contribution in [0.3, 0.4) is 0 Å². The van der Waals surface area contributed by atoms with Gasteiger partial charge in [0.1, 0.15) is 5.82 Å². The van der Waals surface area contributed by atoms with Crippen molar-refractivity contribution < 1.29 is 14.0 Å².